The van der Waals surface area contributed by atoms with E-state index >= 15 is 0 Å². The predicted molar refractivity (Wildman–Crippen MR) is 50.0 cm³/mol. The molecule has 0 saturated carbocycles. The molecule has 1 heterocycles. The lowest BCUT2D eigenvalue weighted by Crippen LogP contribution is -2.08. The van der Waals surface area contributed by atoms with E-state index in [0.29, 0.717) is 5.76 Å². The van der Waals surface area contributed by atoms with Crippen molar-refractivity contribution >= 4 is 0 Å². The molecular weight excluding hydrogens is 168 g/mol. The lowest BCUT2D eigenvalue weighted by atomic mass is 10.2. The summed E-state index contributed by atoms with van der Waals surface area (Å²) in [6, 6.07) is 0. The van der Waals surface area contributed by atoms with Crippen molar-refractivity contribution in [2.24, 2.45) is 0 Å². The molecule has 1 aliphatic rings. The van der Waals surface area contributed by atoms with E-state index in [1.807, 2.05) is 6.92 Å². The Morgan fingerprint density at radius 3 is 2.69 bits per heavy atom. The molecule has 1 fully saturated rings. The molecule has 1 aliphatic heterocycles. The Labute approximate surface area is 79.0 Å². The van der Waals surface area contributed by atoms with E-state index in [-0.39, 0.29) is 6.10 Å². The van der Waals surface area contributed by atoms with Gasteiger partial charge in [-0.15, -0.1) is 0 Å². The molecule has 1 atom stereocenters. The fraction of sp³-hybridized carbons (Fsp3) is 0.600. The van der Waals surface area contributed by atoms with Crippen LogP contribution in [0.3, 0.4) is 0 Å². The monoisotopic (exact) mass is 184 g/mol. The van der Waals surface area contributed by atoms with Crippen LogP contribution in [0.15, 0.2) is 23.9 Å². The Morgan fingerprint density at radius 1 is 1.46 bits per heavy atom. The van der Waals surface area contributed by atoms with Crippen LogP contribution in [0, 0.1) is 0 Å². The van der Waals surface area contributed by atoms with Gasteiger partial charge in [0.2, 0.25) is 0 Å². The summed E-state index contributed by atoms with van der Waals surface area (Å²) in [6.07, 6.45) is 1.81. The van der Waals surface area contributed by atoms with E-state index < -0.39 is 0 Å². The van der Waals surface area contributed by atoms with Gasteiger partial charge in [0.05, 0.1) is 14.2 Å². The zero-order valence-electron chi connectivity index (χ0n) is 8.42. The van der Waals surface area contributed by atoms with Crippen LogP contribution in [0.4, 0.5) is 0 Å². The zero-order valence-corrected chi connectivity index (χ0v) is 8.42. The van der Waals surface area contributed by atoms with Crippen molar-refractivity contribution in [1.82, 2.24) is 0 Å². The van der Waals surface area contributed by atoms with Gasteiger partial charge >= 0.3 is 0 Å². The van der Waals surface area contributed by atoms with Crippen molar-refractivity contribution in [3.8, 4) is 0 Å². The van der Waals surface area contributed by atoms with Crippen molar-refractivity contribution < 1.29 is 14.2 Å². The lowest BCUT2D eigenvalue weighted by molar-refractivity contribution is 0.113. The molecule has 1 rings (SSSR count). The minimum Gasteiger partial charge on any atom is -0.498 e. The summed E-state index contributed by atoms with van der Waals surface area (Å²) in [5.41, 5.74) is 0. The summed E-state index contributed by atoms with van der Waals surface area (Å²) in [5, 5.41) is 0. The molecule has 13 heavy (non-hydrogen) atoms. The predicted octanol–water partition coefficient (Wildman–Crippen LogP) is 2.20. The summed E-state index contributed by atoms with van der Waals surface area (Å²) >= 11 is 0. The Balaban J connectivity index is 2.59. The summed E-state index contributed by atoms with van der Waals surface area (Å²) in [6.45, 7) is 5.66. The van der Waals surface area contributed by atoms with Gasteiger partial charge in [-0.25, -0.2) is 0 Å². The van der Waals surface area contributed by atoms with Crippen LogP contribution < -0.4 is 0 Å². The molecule has 0 aromatic rings. The second kappa shape index (κ2) is 4.21. The van der Waals surface area contributed by atoms with Gasteiger partial charge in [0.15, 0.2) is 6.10 Å². The maximum atomic E-state index is 5.60. The van der Waals surface area contributed by atoms with Crippen LogP contribution in [0.2, 0.25) is 0 Å². The van der Waals surface area contributed by atoms with Crippen LogP contribution in [-0.4, -0.2) is 20.3 Å². The van der Waals surface area contributed by atoms with Gasteiger partial charge in [0.1, 0.15) is 17.3 Å². The molecule has 3 heteroatoms. The molecule has 0 aliphatic carbocycles. The molecular formula is C10H16O3. The van der Waals surface area contributed by atoms with Gasteiger partial charge < -0.3 is 14.2 Å². The summed E-state index contributed by atoms with van der Waals surface area (Å²) in [5.74, 6) is 2.43. The highest BCUT2D eigenvalue weighted by molar-refractivity contribution is 5.09. The Hall–Kier alpha value is -1.12. The van der Waals surface area contributed by atoms with Gasteiger partial charge in [-0.1, -0.05) is 6.58 Å². The summed E-state index contributed by atoms with van der Waals surface area (Å²) in [7, 11) is 3.25. The number of methoxy groups -OCH3 is 2. The number of ether oxygens (including phenoxy) is 3. The average molecular weight is 184 g/mol. The topological polar surface area (TPSA) is 27.7 Å². The van der Waals surface area contributed by atoms with Gasteiger partial charge in [0.25, 0.3) is 0 Å². The molecule has 0 amide bonds. The van der Waals surface area contributed by atoms with E-state index in [9.17, 15) is 0 Å². The van der Waals surface area contributed by atoms with Gasteiger partial charge in [-0.3, -0.25) is 0 Å². The molecule has 1 unspecified atom stereocenters. The third-order valence-corrected chi connectivity index (χ3v) is 2.24. The largest absolute Gasteiger partial charge is 0.498 e. The first-order valence-corrected chi connectivity index (χ1v) is 4.32. The first kappa shape index (κ1) is 9.96. The Morgan fingerprint density at radius 2 is 2.15 bits per heavy atom. The minimum atomic E-state index is -0.00917. The van der Waals surface area contributed by atoms with Gasteiger partial charge in [-0.05, 0) is 13.3 Å². The molecule has 0 N–H and O–H groups in total. The Bertz CT molecular complexity index is 230. The molecule has 74 valence electrons. The third-order valence-electron chi connectivity index (χ3n) is 2.24. The van der Waals surface area contributed by atoms with Gasteiger partial charge in [0, 0.05) is 6.42 Å². The molecule has 0 radical (unpaired) electrons. The molecule has 0 bridgehead atoms. The minimum absolute atomic E-state index is 0.00917. The standard InChI is InChI=1S/C10H16O3/c1-7(11-3)9-5-6-10(13-9)8(2)12-4/h9H,1,5-6H2,2-4H3. The van der Waals surface area contributed by atoms with E-state index in [0.717, 1.165) is 24.4 Å². The van der Waals surface area contributed by atoms with Gasteiger partial charge in [-0.2, -0.15) is 0 Å². The van der Waals surface area contributed by atoms with Crippen LogP contribution in [0.5, 0.6) is 0 Å². The number of hydrogen-bond acceptors (Lipinski definition) is 3. The number of allylic oxidation sites excluding steroid dienone is 2. The zero-order chi connectivity index (χ0) is 9.84. The quantitative estimate of drug-likeness (QED) is 0.629. The highest BCUT2D eigenvalue weighted by atomic mass is 16.5. The van der Waals surface area contributed by atoms with Crippen LogP contribution in [0.1, 0.15) is 19.8 Å². The SMILES string of the molecule is C=C(OC)C1CCC(=C(C)OC)O1. The fourth-order valence-corrected chi connectivity index (χ4v) is 1.28. The molecule has 0 aromatic heterocycles. The summed E-state index contributed by atoms with van der Waals surface area (Å²) in [4.78, 5) is 0. The van der Waals surface area contributed by atoms with E-state index in [1.165, 1.54) is 0 Å². The van der Waals surface area contributed by atoms with Crippen molar-refractivity contribution in [1.29, 1.82) is 0 Å². The van der Waals surface area contributed by atoms with E-state index in [1.54, 1.807) is 14.2 Å². The van der Waals surface area contributed by atoms with E-state index in [2.05, 4.69) is 6.58 Å². The van der Waals surface area contributed by atoms with Crippen LogP contribution >= 0.6 is 0 Å². The maximum absolute atomic E-state index is 5.60. The Kier molecular flexibility index (Phi) is 3.23. The smallest absolute Gasteiger partial charge is 0.155 e. The maximum Gasteiger partial charge on any atom is 0.155 e. The normalized spacial score (nSPS) is 25.0. The van der Waals surface area contributed by atoms with Crippen molar-refractivity contribution in [2.45, 2.75) is 25.9 Å². The highest BCUT2D eigenvalue weighted by Crippen LogP contribution is 2.29. The molecule has 0 aromatic carbocycles. The fourth-order valence-electron chi connectivity index (χ4n) is 1.28. The first-order chi connectivity index (χ1) is 6.19. The highest BCUT2D eigenvalue weighted by Gasteiger charge is 2.25. The molecule has 3 nitrogen and oxygen atoms in total. The molecule has 0 spiro atoms. The van der Waals surface area contributed by atoms with Crippen LogP contribution in [0.25, 0.3) is 0 Å². The van der Waals surface area contributed by atoms with Crippen molar-refractivity contribution in [2.75, 3.05) is 14.2 Å². The molecule has 1 saturated heterocycles. The van der Waals surface area contributed by atoms with Crippen molar-refractivity contribution in [3.63, 3.8) is 0 Å². The van der Waals surface area contributed by atoms with E-state index in [4.69, 9.17) is 14.2 Å². The first-order valence-electron chi connectivity index (χ1n) is 4.32. The second-order valence-corrected chi connectivity index (χ2v) is 3.00. The third kappa shape index (κ3) is 2.17. The number of hydrogen-bond donors (Lipinski definition) is 0. The van der Waals surface area contributed by atoms with Crippen LogP contribution in [-0.2, 0) is 14.2 Å². The number of rotatable bonds is 3. The summed E-state index contributed by atoms with van der Waals surface area (Å²) < 4.78 is 15.7. The lowest BCUT2D eigenvalue weighted by Gasteiger charge is -2.12. The second-order valence-electron chi connectivity index (χ2n) is 3.00. The van der Waals surface area contributed by atoms with Crippen molar-refractivity contribution in [3.05, 3.63) is 23.9 Å². The average Bonchev–Trinajstić information content (AvgIpc) is 2.64.